The van der Waals surface area contributed by atoms with Crippen molar-refractivity contribution in [2.75, 3.05) is 26.2 Å². The molecule has 0 spiro atoms. The minimum Gasteiger partial charge on any atom is -0.491 e. The van der Waals surface area contributed by atoms with Gasteiger partial charge in [0.2, 0.25) is 0 Å². The van der Waals surface area contributed by atoms with E-state index in [9.17, 15) is 18.4 Å². The number of hydrogen-bond donors (Lipinski definition) is 0. The van der Waals surface area contributed by atoms with Gasteiger partial charge in [0.05, 0.1) is 11.6 Å². The molecule has 0 bridgehead atoms. The van der Waals surface area contributed by atoms with Crippen molar-refractivity contribution in [2.45, 2.75) is 32.2 Å². The van der Waals surface area contributed by atoms with Gasteiger partial charge in [0.25, 0.3) is 11.8 Å². The van der Waals surface area contributed by atoms with Gasteiger partial charge in [-0.2, -0.15) is 0 Å². The molecule has 2 amide bonds. The number of benzene rings is 3. The van der Waals surface area contributed by atoms with Crippen LogP contribution in [-0.2, 0) is 6.42 Å². The third kappa shape index (κ3) is 5.73. The summed E-state index contributed by atoms with van der Waals surface area (Å²) in [6, 6.07) is 19.6. The molecular weight excluding hydrogens is 462 g/mol. The predicted octanol–water partition coefficient (Wildman–Crippen LogP) is 5.35. The lowest BCUT2D eigenvalue weighted by molar-refractivity contribution is 0.0577. The van der Waals surface area contributed by atoms with Crippen molar-refractivity contribution in [1.29, 1.82) is 0 Å². The van der Waals surface area contributed by atoms with Gasteiger partial charge in [-0.3, -0.25) is 9.59 Å². The summed E-state index contributed by atoms with van der Waals surface area (Å²) in [5, 5.41) is 0. The molecule has 5 nitrogen and oxygen atoms in total. The van der Waals surface area contributed by atoms with Gasteiger partial charge in [0.15, 0.2) is 0 Å². The first-order valence-electron chi connectivity index (χ1n) is 12.3. The van der Waals surface area contributed by atoms with Crippen molar-refractivity contribution in [2.24, 2.45) is 0 Å². The zero-order valence-electron chi connectivity index (χ0n) is 20.3. The molecule has 1 atom stereocenters. The summed E-state index contributed by atoms with van der Waals surface area (Å²) in [6.07, 6.45) is 1.64. The number of fused-ring (bicyclic) bond motifs is 1. The molecule has 0 N–H and O–H groups in total. The van der Waals surface area contributed by atoms with Crippen LogP contribution in [0.15, 0.2) is 72.8 Å². The van der Waals surface area contributed by atoms with Crippen molar-refractivity contribution >= 4 is 11.8 Å². The van der Waals surface area contributed by atoms with Gasteiger partial charge >= 0.3 is 0 Å². The Balaban J connectivity index is 1.73. The van der Waals surface area contributed by atoms with Gasteiger partial charge in [-0.05, 0) is 56.0 Å². The van der Waals surface area contributed by atoms with Crippen LogP contribution >= 0.6 is 0 Å². The van der Waals surface area contributed by atoms with E-state index >= 15 is 0 Å². The fourth-order valence-corrected chi connectivity index (χ4v) is 4.55. The summed E-state index contributed by atoms with van der Waals surface area (Å²) in [7, 11) is 0. The van der Waals surface area contributed by atoms with Crippen LogP contribution in [0.2, 0.25) is 0 Å². The van der Waals surface area contributed by atoms with Gasteiger partial charge in [-0.1, -0.05) is 48.5 Å². The molecule has 3 aromatic rings. The van der Waals surface area contributed by atoms with E-state index in [4.69, 9.17) is 4.74 Å². The second-order valence-electron chi connectivity index (χ2n) is 8.84. The third-order valence-electron chi connectivity index (χ3n) is 6.49. The molecule has 188 valence electrons. The molecule has 1 heterocycles. The Hall–Kier alpha value is -3.74. The lowest BCUT2D eigenvalue weighted by atomic mass is 10.0. The summed E-state index contributed by atoms with van der Waals surface area (Å²) in [5.41, 5.74) is 0.858. The second-order valence-corrected chi connectivity index (χ2v) is 8.84. The molecule has 7 heteroatoms. The molecule has 4 rings (SSSR count). The Morgan fingerprint density at radius 1 is 0.917 bits per heavy atom. The number of nitrogens with zero attached hydrogens (tertiary/aromatic N) is 2. The van der Waals surface area contributed by atoms with Gasteiger partial charge in [-0.25, -0.2) is 8.78 Å². The fraction of sp³-hybridized carbons (Fsp3) is 0.310. The summed E-state index contributed by atoms with van der Waals surface area (Å²) >= 11 is 0. The molecule has 1 aliphatic rings. The first-order chi connectivity index (χ1) is 17.5. The zero-order chi connectivity index (χ0) is 25.5. The van der Waals surface area contributed by atoms with Crippen LogP contribution in [0.25, 0.3) is 0 Å². The van der Waals surface area contributed by atoms with E-state index in [0.29, 0.717) is 43.7 Å². The van der Waals surface area contributed by atoms with E-state index in [1.165, 1.54) is 11.0 Å². The lowest BCUT2D eigenvalue weighted by Crippen LogP contribution is -2.46. The van der Waals surface area contributed by atoms with Gasteiger partial charge in [-0.15, -0.1) is 0 Å². The highest BCUT2D eigenvalue weighted by molar-refractivity contribution is 5.97. The van der Waals surface area contributed by atoms with Crippen molar-refractivity contribution < 1.29 is 23.1 Å². The molecule has 36 heavy (non-hydrogen) atoms. The van der Waals surface area contributed by atoms with E-state index in [0.717, 1.165) is 17.7 Å². The highest BCUT2D eigenvalue weighted by atomic mass is 19.1. The molecule has 0 radical (unpaired) electrons. The van der Waals surface area contributed by atoms with Gasteiger partial charge < -0.3 is 14.5 Å². The number of amides is 2. The monoisotopic (exact) mass is 492 g/mol. The van der Waals surface area contributed by atoms with Crippen LogP contribution in [0, 0.1) is 11.6 Å². The average molecular weight is 493 g/mol. The van der Waals surface area contributed by atoms with E-state index in [-0.39, 0.29) is 19.1 Å². The summed E-state index contributed by atoms with van der Waals surface area (Å²) in [6.45, 7) is 3.30. The van der Waals surface area contributed by atoms with Crippen molar-refractivity contribution in [1.82, 2.24) is 9.80 Å². The van der Waals surface area contributed by atoms with Crippen LogP contribution in [0.1, 0.15) is 46.0 Å². The van der Waals surface area contributed by atoms with E-state index < -0.39 is 29.1 Å². The van der Waals surface area contributed by atoms with Crippen LogP contribution in [0.4, 0.5) is 8.78 Å². The number of ether oxygens (including phenoxy) is 1. The minimum atomic E-state index is -0.890. The third-order valence-corrected chi connectivity index (χ3v) is 6.49. The Bertz CT molecular complexity index is 1180. The maximum atomic E-state index is 14.6. The zero-order valence-corrected chi connectivity index (χ0v) is 20.3. The van der Waals surface area contributed by atoms with Crippen LogP contribution in [0.5, 0.6) is 5.75 Å². The maximum absolute atomic E-state index is 14.6. The largest absolute Gasteiger partial charge is 0.491 e. The Labute approximate surface area is 210 Å². The molecule has 0 fully saturated rings. The number of carbonyl (C=O) groups excluding carboxylic acids is 2. The summed E-state index contributed by atoms with van der Waals surface area (Å²) in [4.78, 5) is 30.1. The van der Waals surface area contributed by atoms with Crippen LogP contribution in [-0.4, -0.2) is 53.9 Å². The Kier molecular flexibility index (Phi) is 8.31. The normalized spacial score (nSPS) is 17.0. The topological polar surface area (TPSA) is 49.9 Å². The highest BCUT2D eigenvalue weighted by Gasteiger charge is 2.30. The molecule has 0 aromatic heterocycles. The van der Waals surface area contributed by atoms with Gasteiger partial charge in [0.1, 0.15) is 29.6 Å². The number of hydrogen-bond acceptors (Lipinski definition) is 3. The molecule has 1 aliphatic heterocycles. The van der Waals surface area contributed by atoms with E-state index in [1.807, 2.05) is 37.3 Å². The lowest BCUT2D eigenvalue weighted by Gasteiger charge is -2.33. The first-order valence-corrected chi connectivity index (χ1v) is 12.3. The van der Waals surface area contributed by atoms with Crippen LogP contribution in [0.3, 0.4) is 0 Å². The molecule has 3 aromatic carbocycles. The average Bonchev–Trinajstić information content (AvgIpc) is 2.88. The first kappa shape index (κ1) is 25.4. The highest BCUT2D eigenvalue weighted by Crippen LogP contribution is 2.24. The number of carbonyl (C=O) groups is 2. The fourth-order valence-electron chi connectivity index (χ4n) is 4.55. The molecule has 0 saturated heterocycles. The van der Waals surface area contributed by atoms with Gasteiger partial charge in [0, 0.05) is 19.6 Å². The SMILES string of the molecule is CCN1CCCCN(C(=O)c2c(F)cccc2F)[C@@H](Cc2ccccc2)COc2ccccc2C1=O. The van der Waals surface area contributed by atoms with E-state index in [2.05, 4.69) is 0 Å². The number of rotatable bonds is 4. The molecule has 0 aliphatic carbocycles. The van der Waals surface area contributed by atoms with Crippen molar-refractivity contribution in [3.8, 4) is 5.75 Å². The molecule has 0 saturated carbocycles. The quantitative estimate of drug-likeness (QED) is 0.493. The smallest absolute Gasteiger partial charge is 0.260 e. The molecule has 0 unspecified atom stereocenters. The van der Waals surface area contributed by atoms with Crippen molar-refractivity contribution in [3.05, 3.63) is 101 Å². The predicted molar refractivity (Wildman–Crippen MR) is 134 cm³/mol. The number of para-hydroxylation sites is 1. The number of halogens is 2. The summed E-state index contributed by atoms with van der Waals surface area (Å²) < 4.78 is 35.4. The second kappa shape index (κ2) is 11.8. The maximum Gasteiger partial charge on any atom is 0.260 e. The van der Waals surface area contributed by atoms with Crippen LogP contribution < -0.4 is 4.74 Å². The molecular formula is C29H30F2N2O3. The van der Waals surface area contributed by atoms with E-state index in [1.54, 1.807) is 29.2 Å². The Morgan fingerprint density at radius 3 is 2.31 bits per heavy atom. The minimum absolute atomic E-state index is 0.0626. The summed E-state index contributed by atoms with van der Waals surface area (Å²) in [5.74, 6) is -2.17. The Morgan fingerprint density at radius 2 is 1.58 bits per heavy atom. The standard InChI is InChI=1S/C29H30F2N2O3/c1-2-32-17-8-9-18-33(29(35)27-24(30)14-10-15-25(27)31)22(19-21-11-4-3-5-12-21)20-36-26-16-7-6-13-23(26)28(32)34/h3-7,10-16,22H,2,8-9,17-20H2,1H3/t22-/m0/s1. The van der Waals surface area contributed by atoms with Crippen molar-refractivity contribution in [3.63, 3.8) is 0 Å².